The molecule has 6 heteroatoms. The summed E-state index contributed by atoms with van der Waals surface area (Å²) in [4.78, 5) is 41.6. The molecule has 4 amide bonds. The molecular weight excluding hydrogens is 366 g/mol. The molecule has 0 spiro atoms. The third kappa shape index (κ3) is 4.01. The van der Waals surface area contributed by atoms with E-state index in [2.05, 4.69) is 5.32 Å². The second-order valence-electron chi connectivity index (χ2n) is 7.82. The van der Waals surface area contributed by atoms with Gasteiger partial charge in [0, 0.05) is 25.9 Å². The van der Waals surface area contributed by atoms with Crippen LogP contribution in [0.2, 0.25) is 0 Å². The smallest absolute Gasteiger partial charge is 0.325 e. The summed E-state index contributed by atoms with van der Waals surface area (Å²) >= 11 is 0. The first kappa shape index (κ1) is 19.2. The number of hydrogen-bond donors (Lipinski definition) is 1. The normalized spacial score (nSPS) is 18.2. The topological polar surface area (TPSA) is 69.7 Å². The second-order valence-corrected chi connectivity index (χ2v) is 7.82. The minimum atomic E-state index is -1.09. The molecule has 0 unspecified atom stereocenters. The Balaban J connectivity index is 1.60. The molecule has 6 nitrogen and oxygen atoms in total. The average Bonchev–Trinajstić information content (AvgIpc) is 3.34. The largest absolute Gasteiger partial charge is 0.341 e. The van der Waals surface area contributed by atoms with Crippen LogP contribution in [-0.2, 0) is 22.4 Å². The van der Waals surface area contributed by atoms with Crippen molar-refractivity contribution in [2.45, 2.75) is 31.2 Å². The summed E-state index contributed by atoms with van der Waals surface area (Å²) in [6.07, 6.45) is 2.69. The van der Waals surface area contributed by atoms with Crippen LogP contribution in [0.5, 0.6) is 0 Å². The summed E-state index contributed by atoms with van der Waals surface area (Å²) in [5, 5.41) is 2.93. The van der Waals surface area contributed by atoms with Crippen molar-refractivity contribution in [2.75, 3.05) is 19.6 Å². The minimum absolute atomic E-state index is 0.166. The molecule has 0 atom stereocenters. The lowest BCUT2D eigenvalue weighted by atomic mass is 9.84. The molecular formula is C23H25N3O3. The Bertz CT molecular complexity index is 851. The van der Waals surface area contributed by atoms with Gasteiger partial charge < -0.3 is 10.2 Å². The molecule has 1 N–H and O–H groups in total. The molecule has 2 aliphatic rings. The van der Waals surface area contributed by atoms with E-state index in [-0.39, 0.29) is 18.4 Å². The van der Waals surface area contributed by atoms with E-state index >= 15 is 0 Å². The first-order valence-corrected chi connectivity index (χ1v) is 10.1. The number of imide groups is 1. The predicted molar refractivity (Wildman–Crippen MR) is 109 cm³/mol. The highest BCUT2D eigenvalue weighted by Gasteiger charge is 2.51. The van der Waals surface area contributed by atoms with Gasteiger partial charge in [0.2, 0.25) is 5.91 Å². The van der Waals surface area contributed by atoms with Crippen LogP contribution >= 0.6 is 0 Å². The number of urea groups is 1. The number of amides is 4. The minimum Gasteiger partial charge on any atom is -0.341 e. The summed E-state index contributed by atoms with van der Waals surface area (Å²) < 4.78 is 0. The van der Waals surface area contributed by atoms with E-state index in [9.17, 15) is 14.4 Å². The van der Waals surface area contributed by atoms with Gasteiger partial charge in [0.15, 0.2) is 0 Å². The third-order valence-corrected chi connectivity index (χ3v) is 5.70. The number of likely N-dealkylation sites (tertiary alicyclic amines) is 1. The lowest BCUT2D eigenvalue weighted by Crippen LogP contribution is -2.51. The summed E-state index contributed by atoms with van der Waals surface area (Å²) in [5.41, 5.74) is 0.833. The molecule has 0 aliphatic carbocycles. The van der Waals surface area contributed by atoms with Crippen molar-refractivity contribution < 1.29 is 14.4 Å². The lowest BCUT2D eigenvalue weighted by Gasteiger charge is -2.27. The number of carbonyl (C=O) groups excluding carboxylic acids is 3. The monoisotopic (exact) mass is 391 g/mol. The number of benzene rings is 2. The van der Waals surface area contributed by atoms with Crippen molar-refractivity contribution in [1.29, 1.82) is 0 Å². The molecule has 2 heterocycles. The number of nitrogens with one attached hydrogen (secondary N) is 1. The van der Waals surface area contributed by atoms with Crippen molar-refractivity contribution in [3.8, 4) is 0 Å². The van der Waals surface area contributed by atoms with E-state index in [1.165, 1.54) is 0 Å². The Labute approximate surface area is 170 Å². The van der Waals surface area contributed by atoms with Crippen LogP contribution in [0.3, 0.4) is 0 Å². The van der Waals surface area contributed by atoms with Crippen LogP contribution in [0, 0.1) is 0 Å². The standard InChI is InChI=1S/C23H25N3O3/c27-20(25-13-7-8-14-25)17-26-21(28)23(24-22(26)29,15-18-9-3-1-4-10-18)16-19-11-5-2-6-12-19/h1-6,9-12H,7-8,13-17H2,(H,24,29). The Morgan fingerprint density at radius 2 is 1.38 bits per heavy atom. The van der Waals surface area contributed by atoms with Crippen molar-refractivity contribution in [2.24, 2.45) is 0 Å². The highest BCUT2D eigenvalue weighted by Crippen LogP contribution is 2.27. The average molecular weight is 391 g/mol. The quantitative estimate of drug-likeness (QED) is 0.769. The van der Waals surface area contributed by atoms with E-state index in [0.717, 1.165) is 28.9 Å². The molecule has 2 aromatic rings. The van der Waals surface area contributed by atoms with Gasteiger partial charge in [-0.2, -0.15) is 0 Å². The van der Waals surface area contributed by atoms with E-state index in [0.29, 0.717) is 25.9 Å². The Kier molecular flexibility index (Phi) is 5.34. The zero-order chi connectivity index (χ0) is 20.3. The van der Waals surface area contributed by atoms with Gasteiger partial charge in [-0.15, -0.1) is 0 Å². The fourth-order valence-corrected chi connectivity index (χ4v) is 4.21. The summed E-state index contributed by atoms with van der Waals surface area (Å²) in [6.45, 7) is 1.19. The Morgan fingerprint density at radius 1 is 0.862 bits per heavy atom. The van der Waals surface area contributed by atoms with Crippen LogP contribution in [0.25, 0.3) is 0 Å². The first-order valence-electron chi connectivity index (χ1n) is 10.1. The van der Waals surface area contributed by atoms with E-state index in [4.69, 9.17) is 0 Å². The summed E-state index contributed by atoms with van der Waals surface area (Å²) in [7, 11) is 0. The van der Waals surface area contributed by atoms with Crippen molar-refractivity contribution >= 4 is 17.8 Å². The second kappa shape index (κ2) is 8.07. The number of rotatable bonds is 6. The number of nitrogens with zero attached hydrogens (tertiary/aromatic N) is 2. The maximum atomic E-state index is 13.5. The third-order valence-electron chi connectivity index (χ3n) is 5.70. The predicted octanol–water partition coefficient (Wildman–Crippen LogP) is 2.38. The number of carbonyl (C=O) groups is 3. The van der Waals surface area contributed by atoms with Gasteiger partial charge in [-0.1, -0.05) is 60.7 Å². The highest BCUT2D eigenvalue weighted by molar-refractivity contribution is 6.09. The maximum Gasteiger partial charge on any atom is 0.325 e. The molecule has 0 aromatic heterocycles. The fraction of sp³-hybridized carbons (Fsp3) is 0.348. The SMILES string of the molecule is O=C(CN1C(=O)NC(Cc2ccccc2)(Cc2ccccc2)C1=O)N1CCCC1. The zero-order valence-electron chi connectivity index (χ0n) is 16.3. The summed E-state index contributed by atoms with van der Waals surface area (Å²) in [5.74, 6) is -0.496. The van der Waals surface area contributed by atoms with Crippen LogP contribution in [0.1, 0.15) is 24.0 Å². The fourth-order valence-electron chi connectivity index (χ4n) is 4.21. The van der Waals surface area contributed by atoms with Crippen molar-refractivity contribution in [3.63, 3.8) is 0 Å². The molecule has 2 aromatic carbocycles. The molecule has 4 rings (SSSR count). The number of hydrogen-bond acceptors (Lipinski definition) is 3. The first-order chi connectivity index (χ1) is 14.1. The molecule has 150 valence electrons. The van der Waals surface area contributed by atoms with Crippen LogP contribution in [-0.4, -0.2) is 52.8 Å². The maximum absolute atomic E-state index is 13.5. The van der Waals surface area contributed by atoms with Gasteiger partial charge in [0.05, 0.1) is 0 Å². The van der Waals surface area contributed by atoms with E-state index in [1.807, 2.05) is 60.7 Å². The molecule has 2 aliphatic heterocycles. The van der Waals surface area contributed by atoms with Crippen LogP contribution in [0.15, 0.2) is 60.7 Å². The van der Waals surface area contributed by atoms with Gasteiger partial charge in [0.25, 0.3) is 5.91 Å². The van der Waals surface area contributed by atoms with Crippen molar-refractivity contribution in [1.82, 2.24) is 15.1 Å². The Morgan fingerprint density at radius 3 is 1.90 bits per heavy atom. The van der Waals surface area contributed by atoms with E-state index < -0.39 is 11.6 Å². The van der Waals surface area contributed by atoms with Crippen molar-refractivity contribution in [3.05, 3.63) is 71.8 Å². The van der Waals surface area contributed by atoms with Gasteiger partial charge in [-0.25, -0.2) is 4.79 Å². The van der Waals surface area contributed by atoms with Gasteiger partial charge >= 0.3 is 6.03 Å². The van der Waals surface area contributed by atoms with Gasteiger partial charge in [0.1, 0.15) is 12.1 Å². The molecule has 2 saturated heterocycles. The van der Waals surface area contributed by atoms with Gasteiger partial charge in [-0.05, 0) is 24.0 Å². The molecule has 0 radical (unpaired) electrons. The van der Waals surface area contributed by atoms with Crippen LogP contribution < -0.4 is 5.32 Å². The lowest BCUT2D eigenvalue weighted by molar-refractivity contribution is -0.138. The highest BCUT2D eigenvalue weighted by atomic mass is 16.2. The Hall–Kier alpha value is -3.15. The van der Waals surface area contributed by atoms with Gasteiger partial charge in [-0.3, -0.25) is 14.5 Å². The zero-order valence-corrected chi connectivity index (χ0v) is 16.3. The van der Waals surface area contributed by atoms with E-state index in [1.54, 1.807) is 4.90 Å². The van der Waals surface area contributed by atoms with Crippen LogP contribution in [0.4, 0.5) is 4.79 Å². The molecule has 2 fully saturated rings. The molecule has 29 heavy (non-hydrogen) atoms. The summed E-state index contributed by atoms with van der Waals surface area (Å²) in [6, 6.07) is 18.8. The molecule has 0 bridgehead atoms. The molecule has 0 saturated carbocycles.